The van der Waals surface area contributed by atoms with Crippen LogP contribution in [0, 0.1) is 0 Å². The summed E-state index contributed by atoms with van der Waals surface area (Å²) in [7, 11) is 0. The van der Waals surface area contributed by atoms with Crippen LogP contribution in [0.25, 0.3) is 77.3 Å². The highest BCUT2D eigenvalue weighted by atomic mass is 16.3. The van der Waals surface area contributed by atoms with Crippen LogP contribution in [-0.4, -0.2) is 0 Å². The number of rotatable bonds is 6. The van der Waals surface area contributed by atoms with E-state index in [0.717, 1.165) is 83.2 Å². The van der Waals surface area contributed by atoms with Crippen molar-refractivity contribution in [1.29, 1.82) is 0 Å². The molecule has 3 heteroatoms. The van der Waals surface area contributed by atoms with E-state index in [0.29, 0.717) is 0 Å². The van der Waals surface area contributed by atoms with Crippen molar-refractivity contribution >= 4 is 60.9 Å². The van der Waals surface area contributed by atoms with E-state index in [1.54, 1.807) is 0 Å². The maximum absolute atomic E-state index is 6.42. The summed E-state index contributed by atoms with van der Waals surface area (Å²) in [5, 5.41) is 4.45. The molecule has 0 amide bonds. The summed E-state index contributed by atoms with van der Waals surface area (Å²) < 4.78 is 12.6. The zero-order valence-corrected chi connectivity index (χ0v) is 27.7. The van der Waals surface area contributed by atoms with Crippen molar-refractivity contribution in [2.45, 2.75) is 0 Å². The van der Waals surface area contributed by atoms with E-state index in [-0.39, 0.29) is 0 Å². The first-order valence-electron chi connectivity index (χ1n) is 17.2. The minimum Gasteiger partial charge on any atom is -0.456 e. The van der Waals surface area contributed by atoms with Crippen LogP contribution in [0.1, 0.15) is 0 Å². The van der Waals surface area contributed by atoms with Crippen LogP contribution in [0.3, 0.4) is 0 Å². The summed E-state index contributed by atoms with van der Waals surface area (Å²) in [4.78, 5) is 2.31. The Bertz CT molecular complexity index is 2830. The Labute approximate surface area is 295 Å². The molecule has 0 N–H and O–H groups in total. The monoisotopic (exact) mass is 653 g/mol. The molecule has 0 fully saturated rings. The van der Waals surface area contributed by atoms with Crippen molar-refractivity contribution in [3.63, 3.8) is 0 Å². The topological polar surface area (TPSA) is 29.5 Å². The van der Waals surface area contributed by atoms with Gasteiger partial charge in [0, 0.05) is 38.6 Å². The third kappa shape index (κ3) is 5.06. The quantitative estimate of drug-likeness (QED) is 0.179. The van der Waals surface area contributed by atoms with Crippen molar-refractivity contribution in [2.75, 3.05) is 4.90 Å². The molecule has 3 nitrogen and oxygen atoms in total. The molecule has 0 saturated carbocycles. The van der Waals surface area contributed by atoms with Gasteiger partial charge in [-0.2, -0.15) is 0 Å². The average molecular weight is 654 g/mol. The maximum atomic E-state index is 6.42. The highest BCUT2D eigenvalue weighted by Gasteiger charge is 2.18. The zero-order chi connectivity index (χ0) is 33.7. The van der Waals surface area contributed by atoms with E-state index in [1.807, 2.05) is 24.3 Å². The van der Waals surface area contributed by atoms with Gasteiger partial charge in [0.1, 0.15) is 22.3 Å². The maximum Gasteiger partial charge on any atom is 0.136 e. The Morgan fingerprint density at radius 3 is 1.39 bits per heavy atom. The molecule has 2 aromatic heterocycles. The van der Waals surface area contributed by atoms with Gasteiger partial charge in [0.15, 0.2) is 0 Å². The average Bonchev–Trinajstić information content (AvgIpc) is 3.76. The van der Waals surface area contributed by atoms with E-state index >= 15 is 0 Å². The second-order valence-electron chi connectivity index (χ2n) is 12.9. The van der Waals surface area contributed by atoms with Gasteiger partial charge in [0.2, 0.25) is 0 Å². The summed E-state index contributed by atoms with van der Waals surface area (Å²) in [6.07, 6.45) is 0. The number of fused-ring (bicyclic) bond motifs is 6. The molecule has 0 aliphatic carbocycles. The van der Waals surface area contributed by atoms with E-state index in [9.17, 15) is 0 Å². The van der Waals surface area contributed by atoms with Gasteiger partial charge in [-0.1, -0.05) is 115 Å². The molecule has 0 aliphatic heterocycles. The van der Waals surface area contributed by atoms with Gasteiger partial charge >= 0.3 is 0 Å². The molecule has 51 heavy (non-hydrogen) atoms. The van der Waals surface area contributed by atoms with Crippen molar-refractivity contribution in [1.82, 2.24) is 0 Å². The molecule has 8 aromatic carbocycles. The van der Waals surface area contributed by atoms with E-state index in [1.165, 1.54) is 11.1 Å². The van der Waals surface area contributed by atoms with Gasteiger partial charge in [-0.3, -0.25) is 0 Å². The molecule has 0 radical (unpaired) electrons. The fourth-order valence-corrected chi connectivity index (χ4v) is 7.39. The lowest BCUT2D eigenvalue weighted by molar-refractivity contribution is 0.668. The Morgan fingerprint density at radius 2 is 0.725 bits per heavy atom. The van der Waals surface area contributed by atoms with Crippen molar-refractivity contribution in [3.8, 4) is 33.4 Å². The number of anilines is 3. The Hall–Kier alpha value is -6.84. The Kier molecular flexibility index (Phi) is 6.81. The molecule has 240 valence electrons. The number of hydrogen-bond acceptors (Lipinski definition) is 3. The molecule has 10 aromatic rings. The van der Waals surface area contributed by atoms with Crippen molar-refractivity contribution < 1.29 is 8.83 Å². The van der Waals surface area contributed by atoms with Gasteiger partial charge in [-0.05, 0) is 106 Å². The van der Waals surface area contributed by atoms with Gasteiger partial charge in [-0.15, -0.1) is 0 Å². The minimum absolute atomic E-state index is 0.873. The lowest BCUT2D eigenvalue weighted by Gasteiger charge is -2.26. The number of para-hydroxylation sites is 3. The predicted molar refractivity (Wildman–Crippen MR) is 212 cm³/mol. The molecule has 0 bridgehead atoms. The van der Waals surface area contributed by atoms with Crippen LogP contribution in [0.2, 0.25) is 0 Å². The SMILES string of the molecule is c1ccc(-c2ccc(N(c3ccccc3)c3ccc(-c4cc5oc6ccccc6c5cc4-c4ccc5oc6ccccc6c5c4)cc3)cc2)cc1. The minimum atomic E-state index is 0.873. The Balaban J connectivity index is 1.11. The second kappa shape index (κ2) is 11.9. The number of nitrogens with zero attached hydrogens (tertiary/aromatic N) is 1. The molecular formula is C48H31NO2. The van der Waals surface area contributed by atoms with Crippen LogP contribution in [0.4, 0.5) is 17.1 Å². The highest BCUT2D eigenvalue weighted by Crippen LogP contribution is 2.43. The van der Waals surface area contributed by atoms with Gasteiger partial charge in [0.25, 0.3) is 0 Å². The third-order valence-electron chi connectivity index (χ3n) is 9.89. The predicted octanol–water partition coefficient (Wildman–Crippen LogP) is 14.0. The molecule has 0 unspecified atom stereocenters. The van der Waals surface area contributed by atoms with Crippen molar-refractivity contribution in [3.05, 3.63) is 188 Å². The molecule has 0 atom stereocenters. The summed E-state index contributed by atoms with van der Waals surface area (Å²) in [5.41, 5.74) is 13.7. The lowest BCUT2D eigenvalue weighted by atomic mass is 9.92. The summed E-state index contributed by atoms with van der Waals surface area (Å²) in [6.45, 7) is 0. The smallest absolute Gasteiger partial charge is 0.136 e. The first-order valence-corrected chi connectivity index (χ1v) is 17.2. The summed E-state index contributed by atoms with van der Waals surface area (Å²) in [5.74, 6) is 0. The van der Waals surface area contributed by atoms with Crippen LogP contribution >= 0.6 is 0 Å². The second-order valence-corrected chi connectivity index (χ2v) is 12.9. The van der Waals surface area contributed by atoms with Crippen LogP contribution in [-0.2, 0) is 0 Å². The molecule has 0 saturated heterocycles. The van der Waals surface area contributed by atoms with E-state index in [2.05, 4.69) is 169 Å². The lowest BCUT2D eigenvalue weighted by Crippen LogP contribution is -2.09. The van der Waals surface area contributed by atoms with Crippen molar-refractivity contribution in [2.24, 2.45) is 0 Å². The number of hydrogen-bond donors (Lipinski definition) is 0. The summed E-state index contributed by atoms with van der Waals surface area (Å²) >= 11 is 0. The largest absolute Gasteiger partial charge is 0.456 e. The van der Waals surface area contributed by atoms with E-state index < -0.39 is 0 Å². The molecule has 10 rings (SSSR count). The first kappa shape index (κ1) is 29.1. The fourth-order valence-electron chi connectivity index (χ4n) is 7.39. The summed E-state index contributed by atoms with van der Waals surface area (Å²) in [6, 6.07) is 66.3. The Morgan fingerprint density at radius 1 is 0.275 bits per heavy atom. The standard InChI is InChI=1S/C48H31NO2/c1-3-11-32(12-4-1)33-19-24-37(25-20-33)49(36-13-5-2-6-14-36)38-26-21-34(22-27-38)42-31-48-44(40-16-8-10-18-46(40)51-48)30-41(42)35-23-28-47-43(29-35)39-15-7-9-17-45(39)50-47/h1-31H. The highest BCUT2D eigenvalue weighted by molar-refractivity contribution is 6.10. The molecule has 0 spiro atoms. The zero-order valence-electron chi connectivity index (χ0n) is 27.7. The first-order chi connectivity index (χ1) is 25.3. The van der Waals surface area contributed by atoms with Gasteiger partial charge < -0.3 is 13.7 Å². The molecule has 0 aliphatic rings. The number of benzene rings is 8. The van der Waals surface area contributed by atoms with Crippen LogP contribution < -0.4 is 4.90 Å². The van der Waals surface area contributed by atoms with Crippen LogP contribution in [0.5, 0.6) is 0 Å². The number of furan rings is 2. The van der Waals surface area contributed by atoms with Gasteiger partial charge in [0.05, 0.1) is 0 Å². The normalized spacial score (nSPS) is 11.5. The fraction of sp³-hybridized carbons (Fsp3) is 0. The third-order valence-corrected chi connectivity index (χ3v) is 9.89. The van der Waals surface area contributed by atoms with E-state index in [4.69, 9.17) is 8.83 Å². The van der Waals surface area contributed by atoms with Gasteiger partial charge in [-0.25, -0.2) is 0 Å². The van der Waals surface area contributed by atoms with Crippen LogP contribution in [0.15, 0.2) is 197 Å². The molecule has 2 heterocycles. The molecular weight excluding hydrogens is 623 g/mol.